The minimum absolute atomic E-state index is 0.0239. The van der Waals surface area contributed by atoms with Gasteiger partial charge in [0, 0.05) is 48.6 Å². The van der Waals surface area contributed by atoms with Crippen LogP contribution in [0.4, 0.5) is 26.5 Å². The summed E-state index contributed by atoms with van der Waals surface area (Å²) in [4.78, 5) is 40.3. The molecule has 3 aromatic rings. The van der Waals surface area contributed by atoms with Crippen LogP contribution in [0.15, 0.2) is 41.4 Å². The second kappa shape index (κ2) is 11.9. The fourth-order valence-corrected chi connectivity index (χ4v) is 6.45. The first-order chi connectivity index (χ1) is 21.1. The van der Waals surface area contributed by atoms with Crippen LogP contribution in [0.5, 0.6) is 5.75 Å². The van der Waals surface area contributed by atoms with Gasteiger partial charge in [0.05, 0.1) is 29.4 Å². The minimum atomic E-state index is -3.26. The Morgan fingerprint density at radius 3 is 2.40 bits per heavy atom. The molecule has 0 saturated carbocycles. The summed E-state index contributed by atoms with van der Waals surface area (Å²) in [6.07, 6.45) is 0.0411. The lowest BCUT2D eigenvalue weighted by molar-refractivity contribution is 0.00911. The fourth-order valence-electron chi connectivity index (χ4n) is 5.63. The number of amides is 2. The van der Waals surface area contributed by atoms with Crippen molar-refractivity contribution in [3.63, 3.8) is 0 Å². The highest BCUT2D eigenvalue weighted by Gasteiger charge is 2.50. The molecule has 1 saturated heterocycles. The van der Waals surface area contributed by atoms with Gasteiger partial charge in [0.15, 0.2) is 16.5 Å². The number of thiol groups is 1. The van der Waals surface area contributed by atoms with Crippen LogP contribution < -0.4 is 15.0 Å². The van der Waals surface area contributed by atoms with E-state index in [2.05, 4.69) is 32.1 Å². The van der Waals surface area contributed by atoms with Gasteiger partial charge in [-0.05, 0) is 72.0 Å². The van der Waals surface area contributed by atoms with Crippen LogP contribution in [0.25, 0.3) is 11.3 Å². The summed E-state index contributed by atoms with van der Waals surface area (Å²) in [6, 6.07) is 8.28. The molecule has 45 heavy (non-hydrogen) atoms. The average molecular weight is 641 g/mol. The van der Waals surface area contributed by atoms with Crippen molar-refractivity contribution in [2.45, 2.75) is 50.7 Å². The number of carbonyl (C=O) groups is 2. The molecule has 0 unspecified atom stereocenters. The molecule has 1 aromatic heterocycles. The van der Waals surface area contributed by atoms with Gasteiger partial charge in [0.1, 0.15) is 17.0 Å². The number of benzene rings is 2. The van der Waals surface area contributed by atoms with Crippen molar-refractivity contribution in [3.8, 4) is 17.0 Å². The number of carbonyl (C=O) groups excluding carboxylic acids is 2. The van der Waals surface area contributed by atoms with E-state index in [1.54, 1.807) is 34.6 Å². The van der Waals surface area contributed by atoms with Crippen molar-refractivity contribution in [3.05, 3.63) is 53.5 Å². The number of halogens is 1. The molecule has 12 nitrogen and oxygen atoms in total. The average Bonchev–Trinajstić information content (AvgIpc) is 3.17. The largest absolute Gasteiger partial charge is 0.495 e. The van der Waals surface area contributed by atoms with Crippen molar-refractivity contribution in [2.75, 3.05) is 50.6 Å². The standard InChI is InChI=1S/C31H37FN6O6S/c1-30(2,3)44-29(40)38-27(39)20-14-18(15-24(45(41)42)25(20)31(38,4)5)26-21(32)17-33-28(35-26)34-22-16-19(8-9-23(22)43-7)37-12-10-36(6)11-13-37/h8-9,14-17,45H,10-13H2,1-7H3,(H,33,34,35). The number of nitrogens with one attached hydrogen (secondary N) is 1. The second-order valence-electron chi connectivity index (χ2n) is 12.5. The number of aromatic nitrogens is 2. The van der Waals surface area contributed by atoms with Gasteiger partial charge in [-0.3, -0.25) is 4.79 Å². The van der Waals surface area contributed by atoms with E-state index in [1.165, 1.54) is 19.2 Å². The third kappa shape index (κ3) is 6.29. The molecular formula is C31H37FN6O6S. The zero-order valence-electron chi connectivity index (χ0n) is 26.3. The number of likely N-dealkylation sites (N-methyl/N-ethyl adjacent to an activating group) is 1. The number of fused-ring (bicyclic) bond motifs is 1. The number of imide groups is 1. The quantitative estimate of drug-likeness (QED) is 0.372. The Labute approximate surface area is 263 Å². The van der Waals surface area contributed by atoms with Gasteiger partial charge in [-0.2, -0.15) is 0 Å². The summed E-state index contributed by atoms with van der Waals surface area (Å²) < 4.78 is 51.3. The predicted octanol–water partition coefficient (Wildman–Crippen LogP) is 4.38. The normalized spacial score (nSPS) is 16.6. The molecule has 1 N–H and O–H groups in total. The van der Waals surface area contributed by atoms with E-state index in [4.69, 9.17) is 9.47 Å². The number of rotatable bonds is 6. The van der Waals surface area contributed by atoms with Crippen LogP contribution >= 0.6 is 0 Å². The first-order valence-electron chi connectivity index (χ1n) is 14.4. The molecule has 0 atom stereocenters. The maximum Gasteiger partial charge on any atom is 0.418 e. The Morgan fingerprint density at radius 1 is 1.09 bits per heavy atom. The van der Waals surface area contributed by atoms with E-state index < -0.39 is 39.7 Å². The van der Waals surface area contributed by atoms with Crippen molar-refractivity contribution in [1.82, 2.24) is 19.8 Å². The van der Waals surface area contributed by atoms with E-state index in [-0.39, 0.29) is 33.2 Å². The molecule has 0 spiro atoms. The van der Waals surface area contributed by atoms with E-state index in [0.717, 1.165) is 43.0 Å². The number of anilines is 3. The molecule has 14 heteroatoms. The van der Waals surface area contributed by atoms with Gasteiger partial charge in [-0.25, -0.2) is 32.5 Å². The lowest BCUT2D eigenvalue weighted by atomic mass is 9.92. The monoisotopic (exact) mass is 640 g/mol. The molecule has 2 aliphatic rings. The molecule has 240 valence electrons. The summed E-state index contributed by atoms with van der Waals surface area (Å²) in [6.45, 7) is 11.6. The first-order valence-corrected chi connectivity index (χ1v) is 15.6. The number of methoxy groups -OCH3 is 1. The van der Waals surface area contributed by atoms with Crippen molar-refractivity contribution in [2.24, 2.45) is 0 Å². The number of hydrogen-bond donors (Lipinski definition) is 2. The lowest BCUT2D eigenvalue weighted by Gasteiger charge is -2.34. The lowest BCUT2D eigenvalue weighted by Crippen LogP contribution is -2.46. The van der Waals surface area contributed by atoms with Crippen LogP contribution in [-0.4, -0.2) is 86.1 Å². The Bertz CT molecular complexity index is 1740. The third-order valence-corrected chi connectivity index (χ3v) is 8.56. The minimum Gasteiger partial charge on any atom is -0.495 e. The number of piperazine rings is 1. The summed E-state index contributed by atoms with van der Waals surface area (Å²) in [5, 5.41) is 3.10. The molecule has 0 bridgehead atoms. The van der Waals surface area contributed by atoms with Gasteiger partial charge in [-0.15, -0.1) is 0 Å². The zero-order chi connectivity index (χ0) is 32.8. The van der Waals surface area contributed by atoms with Crippen molar-refractivity contribution < 1.29 is 31.9 Å². The Morgan fingerprint density at radius 2 is 1.78 bits per heavy atom. The molecule has 2 aromatic carbocycles. The third-order valence-electron chi connectivity index (χ3n) is 7.81. The highest BCUT2D eigenvalue weighted by Crippen LogP contribution is 2.44. The first kappa shape index (κ1) is 32.1. The Kier molecular flexibility index (Phi) is 8.49. The van der Waals surface area contributed by atoms with E-state index >= 15 is 4.39 Å². The van der Waals surface area contributed by atoms with Crippen LogP contribution in [-0.2, 0) is 21.0 Å². The summed E-state index contributed by atoms with van der Waals surface area (Å²) >= 11 is 0. The highest BCUT2D eigenvalue weighted by molar-refractivity contribution is 7.72. The van der Waals surface area contributed by atoms with Gasteiger partial charge in [0.25, 0.3) is 5.91 Å². The predicted molar refractivity (Wildman–Crippen MR) is 167 cm³/mol. The van der Waals surface area contributed by atoms with Crippen LogP contribution in [0.2, 0.25) is 0 Å². The molecule has 2 amide bonds. The number of hydrogen-bond acceptors (Lipinski definition) is 11. The number of nitrogens with zero attached hydrogens (tertiary/aromatic N) is 5. The zero-order valence-corrected chi connectivity index (χ0v) is 27.2. The fraction of sp³-hybridized carbons (Fsp3) is 0.419. The second-order valence-corrected chi connectivity index (χ2v) is 13.5. The van der Waals surface area contributed by atoms with Gasteiger partial charge < -0.3 is 24.6 Å². The smallest absolute Gasteiger partial charge is 0.418 e. The van der Waals surface area contributed by atoms with Crippen LogP contribution in [0, 0.1) is 5.82 Å². The molecule has 2 aliphatic heterocycles. The summed E-state index contributed by atoms with van der Waals surface area (Å²) in [5.41, 5.74) is -0.896. The van der Waals surface area contributed by atoms with Gasteiger partial charge >= 0.3 is 6.09 Å². The van der Waals surface area contributed by atoms with E-state index in [9.17, 15) is 18.0 Å². The molecule has 0 radical (unpaired) electrons. The SMILES string of the molecule is COc1ccc(N2CCN(C)CC2)cc1Nc1ncc(F)c(-c2cc3c(c([SH](=O)=O)c2)C(C)(C)N(C(=O)OC(C)(C)C)C3=O)n1. The highest BCUT2D eigenvalue weighted by atomic mass is 32.2. The van der Waals surface area contributed by atoms with Crippen molar-refractivity contribution >= 4 is 40.0 Å². The maximum atomic E-state index is 15.3. The van der Waals surface area contributed by atoms with Gasteiger partial charge in [0.2, 0.25) is 5.95 Å². The Hall–Kier alpha value is -4.30. The van der Waals surface area contributed by atoms with Crippen LogP contribution in [0.1, 0.15) is 50.5 Å². The van der Waals surface area contributed by atoms with E-state index in [0.29, 0.717) is 11.4 Å². The summed E-state index contributed by atoms with van der Waals surface area (Å²) in [5.74, 6) is -1.06. The van der Waals surface area contributed by atoms with Gasteiger partial charge in [-0.1, -0.05) is 0 Å². The molecule has 5 rings (SSSR count). The topological polar surface area (TPSA) is 134 Å². The number of ether oxygens (including phenoxy) is 2. The molecule has 1 fully saturated rings. The Balaban J connectivity index is 1.54. The van der Waals surface area contributed by atoms with E-state index in [1.807, 2.05) is 18.2 Å². The molecular weight excluding hydrogens is 603 g/mol. The summed E-state index contributed by atoms with van der Waals surface area (Å²) in [7, 11) is 0.347. The molecule has 0 aliphatic carbocycles. The van der Waals surface area contributed by atoms with Crippen LogP contribution in [0.3, 0.4) is 0 Å². The molecule has 3 heterocycles. The van der Waals surface area contributed by atoms with Crippen molar-refractivity contribution in [1.29, 1.82) is 0 Å². The maximum absolute atomic E-state index is 15.3.